The summed E-state index contributed by atoms with van der Waals surface area (Å²) in [5.74, 6) is -4.41. The number of H-pyrrole nitrogens is 1. The van der Waals surface area contributed by atoms with Crippen LogP contribution in [0.1, 0.15) is 24.2 Å². The third kappa shape index (κ3) is 5.87. The first kappa shape index (κ1) is 25.1. The van der Waals surface area contributed by atoms with Gasteiger partial charge in [0.2, 0.25) is 5.96 Å². The van der Waals surface area contributed by atoms with E-state index in [0.717, 1.165) is 44.2 Å². The lowest BCUT2D eigenvalue weighted by Crippen LogP contribution is -2.56. The van der Waals surface area contributed by atoms with Crippen molar-refractivity contribution in [3.8, 4) is 11.3 Å². The van der Waals surface area contributed by atoms with Gasteiger partial charge in [-0.15, -0.1) is 0 Å². The average Bonchev–Trinajstić information content (AvgIpc) is 3.16. The molecule has 34 heavy (non-hydrogen) atoms. The number of carbonyl (C=O) groups is 1. The molecule has 1 aromatic heterocycles. The summed E-state index contributed by atoms with van der Waals surface area (Å²) < 4.78 is 80.9. The predicted molar refractivity (Wildman–Crippen MR) is 114 cm³/mol. The lowest BCUT2D eigenvalue weighted by Gasteiger charge is -2.30. The lowest BCUT2D eigenvalue weighted by atomic mass is 10.1. The van der Waals surface area contributed by atoms with Gasteiger partial charge in [0.15, 0.2) is 0 Å². The molecule has 3 N–H and O–H groups in total. The Balaban J connectivity index is 1.94. The molecule has 0 saturated heterocycles. The second-order valence-electron chi connectivity index (χ2n) is 7.59. The fourth-order valence-electron chi connectivity index (χ4n) is 2.61. The third-order valence-electron chi connectivity index (χ3n) is 4.51. The zero-order valence-corrected chi connectivity index (χ0v) is 18.2. The number of aromatic nitrogens is 2. The summed E-state index contributed by atoms with van der Waals surface area (Å²) in [5, 5.41) is 10.6. The fourth-order valence-corrected chi connectivity index (χ4v) is 2.73. The number of benzene rings is 2. The minimum atomic E-state index is -4.75. The highest BCUT2D eigenvalue weighted by molar-refractivity contribution is 6.30. The highest BCUT2D eigenvalue weighted by Gasteiger charge is 2.48. The average molecular weight is 504 g/mol. The van der Waals surface area contributed by atoms with Crippen LogP contribution in [0.3, 0.4) is 0 Å². The van der Waals surface area contributed by atoms with E-state index >= 15 is 0 Å². The molecular weight excluding hydrogens is 488 g/mol. The summed E-state index contributed by atoms with van der Waals surface area (Å²) in [5.41, 5.74) is -2.70. The van der Waals surface area contributed by atoms with Gasteiger partial charge < -0.3 is 10.6 Å². The first-order chi connectivity index (χ1) is 15.7. The van der Waals surface area contributed by atoms with Crippen LogP contribution in [0.2, 0.25) is 5.02 Å². The molecule has 180 valence electrons. The molecular formula is C21H16ClF6N5O. The fraction of sp³-hybridized carbons (Fsp3) is 0.190. The summed E-state index contributed by atoms with van der Waals surface area (Å²) >= 11 is 5.58. The number of amides is 1. The van der Waals surface area contributed by atoms with Gasteiger partial charge in [0.1, 0.15) is 28.8 Å². The van der Waals surface area contributed by atoms with Crippen LogP contribution in [-0.4, -0.2) is 33.8 Å². The van der Waals surface area contributed by atoms with Crippen LogP contribution in [0.5, 0.6) is 0 Å². The van der Waals surface area contributed by atoms with E-state index in [1.54, 1.807) is 0 Å². The predicted octanol–water partition coefficient (Wildman–Crippen LogP) is 5.69. The topological polar surface area (TPSA) is 82.2 Å². The zero-order chi connectivity index (χ0) is 25.3. The van der Waals surface area contributed by atoms with E-state index in [1.165, 1.54) is 6.07 Å². The van der Waals surface area contributed by atoms with Gasteiger partial charge in [-0.1, -0.05) is 11.6 Å². The molecule has 0 aliphatic carbocycles. The second kappa shape index (κ2) is 9.37. The van der Waals surface area contributed by atoms with Crippen LogP contribution in [0, 0.1) is 17.5 Å². The maximum absolute atomic E-state index is 13.7. The van der Waals surface area contributed by atoms with Gasteiger partial charge >= 0.3 is 6.18 Å². The monoisotopic (exact) mass is 503 g/mol. The van der Waals surface area contributed by atoms with E-state index in [2.05, 4.69) is 25.8 Å². The quantitative estimate of drug-likeness (QED) is 0.243. The third-order valence-corrected chi connectivity index (χ3v) is 4.82. The van der Waals surface area contributed by atoms with Crippen molar-refractivity contribution in [2.45, 2.75) is 25.6 Å². The number of rotatable bonds is 4. The maximum Gasteiger partial charge on any atom is 0.410 e. The minimum absolute atomic E-state index is 0.0524. The first-order valence-corrected chi connectivity index (χ1v) is 9.85. The number of halogens is 7. The van der Waals surface area contributed by atoms with Crippen molar-refractivity contribution in [3.63, 3.8) is 0 Å². The van der Waals surface area contributed by atoms with Gasteiger partial charge in [-0.25, -0.2) is 13.2 Å². The van der Waals surface area contributed by atoms with Crippen molar-refractivity contribution in [1.82, 2.24) is 15.5 Å². The smallest absolute Gasteiger partial charge is 0.342 e. The molecule has 0 aliphatic heterocycles. The van der Waals surface area contributed by atoms with Crippen molar-refractivity contribution >= 4 is 29.3 Å². The highest BCUT2D eigenvalue weighted by Crippen LogP contribution is 2.30. The van der Waals surface area contributed by atoms with Gasteiger partial charge in [-0.3, -0.25) is 9.89 Å². The molecule has 0 saturated carbocycles. The lowest BCUT2D eigenvalue weighted by molar-refractivity contribution is -0.181. The van der Waals surface area contributed by atoms with Gasteiger partial charge in [0, 0.05) is 23.3 Å². The normalized spacial score (nSPS) is 12.6. The molecule has 0 aliphatic rings. The summed E-state index contributed by atoms with van der Waals surface area (Å²) in [7, 11) is 0. The van der Waals surface area contributed by atoms with Gasteiger partial charge in [0.25, 0.3) is 5.91 Å². The minimum Gasteiger partial charge on any atom is -0.342 e. The molecule has 3 rings (SSSR count). The van der Waals surface area contributed by atoms with E-state index in [1.807, 2.05) is 0 Å². The van der Waals surface area contributed by atoms with Crippen LogP contribution in [0.15, 0.2) is 47.5 Å². The number of guanidine groups is 1. The Labute approximate surface area is 194 Å². The Morgan fingerprint density at radius 3 is 2.26 bits per heavy atom. The Bertz CT molecular complexity index is 1230. The Kier molecular flexibility index (Phi) is 6.92. The summed E-state index contributed by atoms with van der Waals surface area (Å²) in [6, 6.07) is 6.93. The number of hydrogen-bond donors (Lipinski definition) is 3. The highest BCUT2D eigenvalue weighted by atomic mass is 35.5. The van der Waals surface area contributed by atoms with Crippen LogP contribution in [0.4, 0.5) is 32.2 Å². The SMILES string of the molecule is CC(C)(N/C(=N/C(=O)c1ccc(Cl)c(F)c1)Nc1cc(-c2cc(F)cc(F)c2)n[nH]1)C(F)(F)F. The van der Waals surface area contributed by atoms with Gasteiger partial charge in [0.05, 0.1) is 10.7 Å². The summed E-state index contributed by atoms with van der Waals surface area (Å²) in [4.78, 5) is 16.1. The Hall–Kier alpha value is -3.54. The standard InChI is InChI=1S/C21H16ClF6N5O/c1-20(2,21(26,27)28)31-19(30-18(34)10-3-4-14(22)15(25)7-10)29-17-9-16(32-33-17)11-5-12(23)8-13(24)6-11/h3-9H,1-2H3,(H3,29,30,31,32,33,34). The largest absolute Gasteiger partial charge is 0.410 e. The number of carbonyl (C=O) groups excluding carboxylic acids is 1. The van der Waals surface area contributed by atoms with Crippen molar-refractivity contribution < 1.29 is 31.1 Å². The first-order valence-electron chi connectivity index (χ1n) is 9.47. The number of anilines is 1. The molecule has 0 unspecified atom stereocenters. The van der Waals surface area contributed by atoms with Gasteiger partial charge in [-0.2, -0.15) is 23.3 Å². The van der Waals surface area contributed by atoms with Crippen molar-refractivity contribution in [2.24, 2.45) is 4.99 Å². The molecule has 3 aromatic rings. The zero-order valence-electron chi connectivity index (χ0n) is 17.5. The number of aliphatic imine (C=N–C) groups is 1. The van der Waals surface area contributed by atoms with E-state index in [9.17, 15) is 31.1 Å². The molecule has 13 heteroatoms. The molecule has 6 nitrogen and oxygen atoms in total. The van der Waals surface area contributed by atoms with Crippen molar-refractivity contribution in [3.05, 3.63) is 70.5 Å². The molecule has 0 atom stereocenters. The van der Waals surface area contributed by atoms with E-state index < -0.39 is 41.0 Å². The van der Waals surface area contributed by atoms with Crippen LogP contribution in [-0.2, 0) is 0 Å². The van der Waals surface area contributed by atoms with E-state index in [-0.39, 0.29) is 27.7 Å². The molecule has 0 spiro atoms. The van der Waals surface area contributed by atoms with Gasteiger partial charge in [-0.05, 0) is 44.2 Å². The molecule has 0 fully saturated rings. The number of nitrogens with zero attached hydrogens (tertiary/aromatic N) is 2. The second-order valence-corrected chi connectivity index (χ2v) is 8.00. The van der Waals surface area contributed by atoms with Crippen LogP contribution in [0.25, 0.3) is 11.3 Å². The summed E-state index contributed by atoms with van der Waals surface area (Å²) in [6.07, 6.45) is -4.75. The number of alkyl halides is 3. The van der Waals surface area contributed by atoms with Crippen molar-refractivity contribution in [1.29, 1.82) is 0 Å². The van der Waals surface area contributed by atoms with Crippen LogP contribution >= 0.6 is 11.6 Å². The number of aromatic amines is 1. The number of nitrogens with one attached hydrogen (secondary N) is 3. The van der Waals surface area contributed by atoms with Crippen LogP contribution < -0.4 is 10.6 Å². The Morgan fingerprint density at radius 2 is 1.68 bits per heavy atom. The molecule has 0 radical (unpaired) electrons. The summed E-state index contributed by atoms with van der Waals surface area (Å²) in [6.45, 7) is 1.62. The molecule has 1 amide bonds. The number of hydrogen-bond acceptors (Lipinski definition) is 2. The molecule has 2 aromatic carbocycles. The van der Waals surface area contributed by atoms with Crippen molar-refractivity contribution in [2.75, 3.05) is 5.32 Å². The van der Waals surface area contributed by atoms with E-state index in [4.69, 9.17) is 11.6 Å². The molecule has 1 heterocycles. The van der Waals surface area contributed by atoms with E-state index in [0.29, 0.717) is 6.07 Å². The maximum atomic E-state index is 13.7. The molecule has 0 bridgehead atoms. The Morgan fingerprint density at radius 1 is 1.03 bits per heavy atom.